The first-order chi connectivity index (χ1) is 14.6. The number of carbonyl (C=O) groups excluding carboxylic acids is 1. The zero-order valence-corrected chi connectivity index (χ0v) is 17.0. The normalized spacial score (nSPS) is 16.6. The highest BCUT2D eigenvalue weighted by molar-refractivity contribution is 7.19. The molecule has 0 bridgehead atoms. The molecule has 3 heterocycles. The number of likely N-dealkylation sites (tertiary alicyclic amines) is 1. The number of hydrogen-bond acceptors (Lipinski definition) is 4. The van der Waals surface area contributed by atoms with Crippen LogP contribution in [-0.4, -0.2) is 34.8 Å². The van der Waals surface area contributed by atoms with Crippen molar-refractivity contribution in [2.45, 2.75) is 31.5 Å². The molecule has 164 valence electrons. The first kappa shape index (κ1) is 21.6. The minimum atomic E-state index is -4.54. The quantitative estimate of drug-likeness (QED) is 0.545. The molecule has 4 rings (SSSR count). The van der Waals surface area contributed by atoms with E-state index >= 15 is 0 Å². The van der Waals surface area contributed by atoms with Crippen molar-refractivity contribution in [3.05, 3.63) is 52.5 Å². The van der Waals surface area contributed by atoms with Crippen molar-refractivity contribution < 1.29 is 26.7 Å². The molecule has 1 amide bonds. The highest BCUT2D eigenvalue weighted by atomic mass is 32.1. The number of nitrogens with two attached hydrogens (primary N) is 1. The highest BCUT2D eigenvalue weighted by Crippen LogP contribution is 2.41. The highest BCUT2D eigenvalue weighted by Gasteiger charge is 2.36. The van der Waals surface area contributed by atoms with Crippen LogP contribution in [-0.2, 0) is 12.7 Å². The van der Waals surface area contributed by atoms with Crippen LogP contribution in [0.4, 0.5) is 22.0 Å². The van der Waals surface area contributed by atoms with E-state index in [1.807, 2.05) is 0 Å². The number of benzene rings is 1. The predicted molar refractivity (Wildman–Crippen MR) is 108 cm³/mol. The molecule has 0 saturated carbocycles. The lowest BCUT2D eigenvalue weighted by Gasteiger charge is -2.31. The fourth-order valence-corrected chi connectivity index (χ4v) is 4.63. The van der Waals surface area contributed by atoms with Gasteiger partial charge in [0, 0.05) is 53.8 Å². The van der Waals surface area contributed by atoms with Gasteiger partial charge in [-0.1, -0.05) is 0 Å². The fraction of sp³-hybridized carbons (Fsp3) is 0.333. The fourth-order valence-electron chi connectivity index (χ4n) is 3.58. The maximum Gasteiger partial charge on any atom is 0.417 e. The Morgan fingerprint density at radius 2 is 1.87 bits per heavy atom. The SMILES string of the molecule is NCc1cc2cc(-c3ccc(C(=O)N4CCC(F)(F)CC4)cn3)cc(C(F)(F)F)c2s1. The van der Waals surface area contributed by atoms with E-state index in [0.29, 0.717) is 10.3 Å². The lowest BCUT2D eigenvalue weighted by atomic mass is 10.0. The number of thiophene rings is 1. The van der Waals surface area contributed by atoms with Gasteiger partial charge in [0.05, 0.1) is 16.8 Å². The minimum Gasteiger partial charge on any atom is -0.338 e. The first-order valence-electron chi connectivity index (χ1n) is 9.55. The molecule has 1 aliphatic heterocycles. The molecular formula is C21H18F5N3OS. The van der Waals surface area contributed by atoms with Crippen molar-refractivity contribution in [2.75, 3.05) is 13.1 Å². The average molecular weight is 455 g/mol. The number of pyridine rings is 1. The van der Waals surface area contributed by atoms with E-state index in [4.69, 9.17) is 5.73 Å². The molecule has 10 heteroatoms. The number of carbonyl (C=O) groups is 1. The molecule has 0 aliphatic carbocycles. The van der Waals surface area contributed by atoms with Crippen LogP contribution in [0.3, 0.4) is 0 Å². The van der Waals surface area contributed by atoms with Gasteiger partial charge in [-0.05, 0) is 35.7 Å². The van der Waals surface area contributed by atoms with E-state index in [-0.39, 0.29) is 41.2 Å². The molecule has 3 aromatic rings. The molecule has 0 spiro atoms. The van der Waals surface area contributed by atoms with Gasteiger partial charge in [-0.15, -0.1) is 11.3 Å². The van der Waals surface area contributed by atoms with Gasteiger partial charge in [-0.3, -0.25) is 9.78 Å². The van der Waals surface area contributed by atoms with Gasteiger partial charge in [0.2, 0.25) is 0 Å². The summed E-state index contributed by atoms with van der Waals surface area (Å²) in [7, 11) is 0. The van der Waals surface area contributed by atoms with E-state index in [1.54, 1.807) is 12.1 Å². The Morgan fingerprint density at radius 1 is 1.16 bits per heavy atom. The van der Waals surface area contributed by atoms with Crippen LogP contribution in [0.2, 0.25) is 0 Å². The van der Waals surface area contributed by atoms with Crippen LogP contribution in [0, 0.1) is 0 Å². The summed E-state index contributed by atoms with van der Waals surface area (Å²) in [6.07, 6.45) is -4.07. The van der Waals surface area contributed by atoms with Crippen LogP contribution in [0.15, 0.2) is 36.5 Å². The number of aromatic nitrogens is 1. The number of alkyl halides is 5. The Labute approximate surface area is 178 Å². The summed E-state index contributed by atoms with van der Waals surface area (Å²) < 4.78 is 67.5. The van der Waals surface area contributed by atoms with Crippen molar-refractivity contribution in [3.63, 3.8) is 0 Å². The van der Waals surface area contributed by atoms with E-state index < -0.39 is 36.4 Å². The van der Waals surface area contributed by atoms with E-state index in [0.717, 1.165) is 17.4 Å². The van der Waals surface area contributed by atoms with Crippen molar-refractivity contribution >= 4 is 27.3 Å². The maximum absolute atomic E-state index is 13.6. The molecular weight excluding hydrogens is 437 g/mol. The number of hydrogen-bond donors (Lipinski definition) is 1. The molecule has 0 unspecified atom stereocenters. The number of halogens is 5. The third kappa shape index (κ3) is 4.40. The molecule has 2 N–H and O–H groups in total. The van der Waals surface area contributed by atoms with Crippen LogP contribution in [0.1, 0.15) is 33.6 Å². The second kappa shape index (κ2) is 7.83. The molecule has 4 nitrogen and oxygen atoms in total. The van der Waals surface area contributed by atoms with Crippen LogP contribution < -0.4 is 5.73 Å². The van der Waals surface area contributed by atoms with Gasteiger partial charge in [-0.25, -0.2) is 8.78 Å². The molecule has 0 atom stereocenters. The average Bonchev–Trinajstić information content (AvgIpc) is 3.15. The first-order valence-corrected chi connectivity index (χ1v) is 10.4. The summed E-state index contributed by atoms with van der Waals surface area (Å²) in [5.74, 6) is -3.19. The predicted octanol–water partition coefficient (Wildman–Crippen LogP) is 5.31. The third-order valence-corrected chi connectivity index (χ3v) is 6.47. The summed E-state index contributed by atoms with van der Waals surface area (Å²) in [5.41, 5.74) is 5.56. The molecule has 1 fully saturated rings. The molecule has 1 aromatic carbocycles. The smallest absolute Gasteiger partial charge is 0.338 e. The monoisotopic (exact) mass is 455 g/mol. The van der Waals surface area contributed by atoms with Crippen molar-refractivity contribution in [1.29, 1.82) is 0 Å². The van der Waals surface area contributed by atoms with Gasteiger partial charge in [-0.2, -0.15) is 13.2 Å². The zero-order valence-electron chi connectivity index (χ0n) is 16.2. The van der Waals surface area contributed by atoms with Gasteiger partial charge in [0.15, 0.2) is 0 Å². The summed E-state index contributed by atoms with van der Waals surface area (Å²) in [5, 5.41) is 0.423. The van der Waals surface area contributed by atoms with Crippen LogP contribution in [0.25, 0.3) is 21.3 Å². The van der Waals surface area contributed by atoms with Gasteiger partial charge >= 0.3 is 6.18 Å². The van der Waals surface area contributed by atoms with Gasteiger partial charge in [0.1, 0.15) is 0 Å². The van der Waals surface area contributed by atoms with Crippen molar-refractivity contribution in [2.24, 2.45) is 5.73 Å². The number of piperidine rings is 1. The van der Waals surface area contributed by atoms with Crippen molar-refractivity contribution in [3.8, 4) is 11.3 Å². The van der Waals surface area contributed by atoms with E-state index in [1.165, 1.54) is 23.2 Å². The van der Waals surface area contributed by atoms with E-state index in [2.05, 4.69) is 4.98 Å². The molecule has 0 radical (unpaired) electrons. The summed E-state index contributed by atoms with van der Waals surface area (Å²) in [6.45, 7) is 0.0329. The topological polar surface area (TPSA) is 59.2 Å². The Kier molecular flexibility index (Phi) is 5.47. The molecule has 2 aromatic heterocycles. The second-order valence-corrected chi connectivity index (χ2v) is 8.57. The number of fused-ring (bicyclic) bond motifs is 1. The number of rotatable bonds is 3. The lowest BCUT2D eigenvalue weighted by Crippen LogP contribution is -2.42. The summed E-state index contributed by atoms with van der Waals surface area (Å²) >= 11 is 1.01. The molecule has 1 aliphatic rings. The second-order valence-electron chi connectivity index (χ2n) is 7.44. The minimum absolute atomic E-state index is 0.0547. The van der Waals surface area contributed by atoms with Crippen LogP contribution in [0.5, 0.6) is 0 Å². The Morgan fingerprint density at radius 3 is 2.45 bits per heavy atom. The van der Waals surface area contributed by atoms with E-state index in [9.17, 15) is 26.7 Å². The Hall–Kier alpha value is -2.59. The summed E-state index contributed by atoms with van der Waals surface area (Å²) in [4.78, 5) is 18.7. The largest absolute Gasteiger partial charge is 0.417 e. The zero-order chi connectivity index (χ0) is 22.4. The Bertz CT molecular complexity index is 1110. The van der Waals surface area contributed by atoms with Gasteiger partial charge in [0.25, 0.3) is 11.8 Å². The van der Waals surface area contributed by atoms with Crippen LogP contribution >= 0.6 is 11.3 Å². The number of amides is 1. The summed E-state index contributed by atoms with van der Waals surface area (Å²) in [6, 6.07) is 7.19. The lowest BCUT2D eigenvalue weighted by molar-refractivity contribution is -0.136. The molecule has 31 heavy (non-hydrogen) atoms. The van der Waals surface area contributed by atoms with Gasteiger partial charge < -0.3 is 10.6 Å². The molecule has 1 saturated heterocycles. The maximum atomic E-state index is 13.6. The standard InChI is InChI=1S/C21H18F5N3OS/c22-20(23)3-5-29(6-4-20)19(30)12-1-2-17(28-11-12)13-7-14-8-15(10-27)31-18(14)16(9-13)21(24,25)26/h1-2,7-9,11H,3-6,10,27H2. The number of nitrogens with zero attached hydrogens (tertiary/aromatic N) is 2. The third-order valence-electron chi connectivity index (χ3n) is 5.26. The Balaban J connectivity index is 1.64. The van der Waals surface area contributed by atoms with Crippen molar-refractivity contribution in [1.82, 2.24) is 9.88 Å².